The molecule has 0 saturated carbocycles. The molecule has 7 heteroatoms. The zero-order valence-corrected chi connectivity index (χ0v) is 12.3. The minimum absolute atomic E-state index is 0.473. The van der Waals surface area contributed by atoms with Crippen molar-refractivity contribution in [2.75, 3.05) is 13.7 Å². The first-order valence-electron chi connectivity index (χ1n) is 5.35. The smallest absolute Gasteiger partial charge is 0.313 e. The van der Waals surface area contributed by atoms with Gasteiger partial charge in [0.2, 0.25) is 0 Å². The van der Waals surface area contributed by atoms with Gasteiger partial charge in [0.15, 0.2) is 0 Å². The molecule has 1 aromatic rings. The topological polar surface area (TPSA) is 64.1 Å². The van der Waals surface area contributed by atoms with E-state index in [4.69, 9.17) is 4.52 Å². The lowest BCUT2D eigenvalue weighted by molar-refractivity contribution is 0.400. The molecule has 1 aromatic heterocycles. The zero-order valence-electron chi connectivity index (χ0n) is 10.6. The average Bonchev–Trinajstić information content (AvgIpc) is 2.26. The summed E-state index contributed by atoms with van der Waals surface area (Å²) in [5.74, 6) is 1.16. The Morgan fingerprint density at radius 1 is 1.41 bits per heavy atom. The average molecular weight is 275 g/mol. The molecule has 0 aromatic carbocycles. The third kappa shape index (κ3) is 4.76. The molecular weight excluding hydrogens is 257 g/mol. The molecule has 1 heterocycles. The summed E-state index contributed by atoms with van der Waals surface area (Å²) in [4.78, 5) is 8.59. The van der Waals surface area contributed by atoms with Gasteiger partial charge in [-0.15, -0.1) is 0 Å². The number of aromatic nitrogens is 2. The number of aryl methyl sites for hydroxylation is 2. The molecule has 17 heavy (non-hydrogen) atoms. The molecule has 5 nitrogen and oxygen atoms in total. The molecule has 0 radical (unpaired) electrons. The van der Waals surface area contributed by atoms with Crippen molar-refractivity contribution in [2.24, 2.45) is 0 Å². The fourth-order valence-electron chi connectivity index (χ4n) is 1.36. The maximum absolute atomic E-state index is 12.1. The van der Waals surface area contributed by atoms with E-state index in [-0.39, 0.29) is 0 Å². The Labute approximate surface area is 106 Å². The van der Waals surface area contributed by atoms with E-state index >= 15 is 0 Å². The number of nitrogens with one attached hydrogen (secondary N) is 1. The summed E-state index contributed by atoms with van der Waals surface area (Å²) >= 11 is 1.22. The Bertz CT molecular complexity index is 408. The first-order chi connectivity index (χ1) is 7.99. The fraction of sp³-hybridized carbons (Fsp3) is 0.600. The highest BCUT2D eigenvalue weighted by Crippen LogP contribution is 2.55. The molecule has 1 N–H and O–H groups in total. The normalized spacial score (nSPS) is 14.6. The molecule has 1 unspecified atom stereocenters. The maximum atomic E-state index is 12.1. The maximum Gasteiger partial charge on any atom is 0.326 e. The van der Waals surface area contributed by atoms with Gasteiger partial charge in [-0.1, -0.05) is 6.92 Å². The fourth-order valence-corrected chi connectivity index (χ4v) is 4.32. The summed E-state index contributed by atoms with van der Waals surface area (Å²) in [6.07, 6.45) is 0. The van der Waals surface area contributed by atoms with Gasteiger partial charge in [-0.25, -0.2) is 15.1 Å². The highest BCUT2D eigenvalue weighted by atomic mass is 32.7. The molecule has 0 aliphatic rings. The van der Waals surface area contributed by atoms with Crippen molar-refractivity contribution in [3.05, 3.63) is 23.3 Å². The predicted molar refractivity (Wildman–Crippen MR) is 71.1 cm³/mol. The second-order valence-electron chi connectivity index (χ2n) is 3.53. The van der Waals surface area contributed by atoms with Gasteiger partial charge in [0.1, 0.15) is 5.82 Å². The van der Waals surface area contributed by atoms with E-state index in [9.17, 15) is 4.57 Å². The molecule has 0 bridgehead atoms. The van der Waals surface area contributed by atoms with Crippen LogP contribution in [-0.4, -0.2) is 23.6 Å². The van der Waals surface area contributed by atoms with Gasteiger partial charge in [0, 0.05) is 25.0 Å². The quantitative estimate of drug-likeness (QED) is 0.805. The highest BCUT2D eigenvalue weighted by molar-refractivity contribution is 8.55. The Morgan fingerprint density at radius 3 is 2.47 bits per heavy atom. The standard InChI is InChI=1S/C10H18N3O2PS/c1-5-11-16(14,15-4)17-7-10-12-8(2)6-9(3)13-10/h6H,5,7H2,1-4H3,(H,11,14). The second kappa shape index (κ2) is 6.50. The Morgan fingerprint density at radius 2 is 2.00 bits per heavy atom. The van der Waals surface area contributed by atoms with Gasteiger partial charge >= 0.3 is 6.72 Å². The van der Waals surface area contributed by atoms with E-state index in [0.717, 1.165) is 11.4 Å². The van der Waals surface area contributed by atoms with Crippen LogP contribution in [0.4, 0.5) is 0 Å². The SMILES string of the molecule is CCNP(=O)(OC)SCc1nc(C)cc(C)n1. The van der Waals surface area contributed by atoms with Crippen molar-refractivity contribution in [1.82, 2.24) is 15.1 Å². The van der Waals surface area contributed by atoms with Crippen LogP contribution in [0.3, 0.4) is 0 Å². The van der Waals surface area contributed by atoms with E-state index in [1.165, 1.54) is 18.5 Å². The Hall–Kier alpha value is -0.420. The summed E-state index contributed by atoms with van der Waals surface area (Å²) in [5.41, 5.74) is 1.84. The number of hydrogen-bond donors (Lipinski definition) is 1. The van der Waals surface area contributed by atoms with Gasteiger partial charge in [0.05, 0.1) is 5.75 Å². The summed E-state index contributed by atoms with van der Waals surface area (Å²) < 4.78 is 17.1. The lowest BCUT2D eigenvalue weighted by Crippen LogP contribution is -2.08. The predicted octanol–water partition coefficient (Wildman–Crippen LogP) is 2.69. The van der Waals surface area contributed by atoms with E-state index < -0.39 is 6.72 Å². The molecule has 1 rings (SSSR count). The summed E-state index contributed by atoms with van der Waals surface area (Å²) in [6.45, 7) is 3.52. The van der Waals surface area contributed by atoms with E-state index in [2.05, 4.69) is 15.1 Å². The molecule has 0 fully saturated rings. The van der Waals surface area contributed by atoms with E-state index in [1.54, 1.807) is 0 Å². The first-order valence-corrected chi connectivity index (χ1v) is 8.57. The van der Waals surface area contributed by atoms with E-state index in [0.29, 0.717) is 18.1 Å². The third-order valence-electron chi connectivity index (χ3n) is 1.98. The van der Waals surface area contributed by atoms with Crippen molar-refractivity contribution in [3.8, 4) is 0 Å². The van der Waals surface area contributed by atoms with Crippen LogP contribution in [0.15, 0.2) is 6.07 Å². The van der Waals surface area contributed by atoms with Crippen LogP contribution in [-0.2, 0) is 14.8 Å². The van der Waals surface area contributed by atoms with Gasteiger partial charge in [-0.3, -0.25) is 4.57 Å². The summed E-state index contributed by atoms with van der Waals surface area (Å²) in [6, 6.07) is 1.91. The van der Waals surface area contributed by atoms with Crippen molar-refractivity contribution >= 4 is 18.1 Å². The lowest BCUT2D eigenvalue weighted by Gasteiger charge is -2.14. The number of nitrogens with zero attached hydrogens (tertiary/aromatic N) is 2. The van der Waals surface area contributed by atoms with Crippen LogP contribution in [0.25, 0.3) is 0 Å². The van der Waals surface area contributed by atoms with Crippen molar-refractivity contribution in [3.63, 3.8) is 0 Å². The van der Waals surface area contributed by atoms with Crippen LogP contribution < -0.4 is 5.09 Å². The Balaban J connectivity index is 2.69. The minimum Gasteiger partial charge on any atom is -0.313 e. The second-order valence-corrected chi connectivity index (χ2v) is 7.97. The largest absolute Gasteiger partial charge is 0.326 e. The third-order valence-corrected chi connectivity index (χ3v) is 6.14. The summed E-state index contributed by atoms with van der Waals surface area (Å²) in [5, 5.41) is 2.85. The van der Waals surface area contributed by atoms with Crippen molar-refractivity contribution < 1.29 is 9.09 Å². The molecular formula is C10H18N3O2PS. The summed E-state index contributed by atoms with van der Waals surface area (Å²) in [7, 11) is 1.44. The first kappa shape index (κ1) is 14.6. The zero-order chi connectivity index (χ0) is 12.9. The molecule has 96 valence electrons. The van der Waals surface area contributed by atoms with Crippen LogP contribution in [0.1, 0.15) is 24.1 Å². The number of hydrogen-bond acceptors (Lipinski definition) is 5. The molecule has 0 saturated heterocycles. The van der Waals surface area contributed by atoms with Crippen LogP contribution in [0.2, 0.25) is 0 Å². The molecule has 1 atom stereocenters. The minimum atomic E-state index is -2.81. The van der Waals surface area contributed by atoms with Gasteiger partial charge in [-0.2, -0.15) is 0 Å². The molecule has 0 aliphatic carbocycles. The highest BCUT2D eigenvalue weighted by Gasteiger charge is 2.21. The van der Waals surface area contributed by atoms with Crippen molar-refractivity contribution in [2.45, 2.75) is 26.5 Å². The van der Waals surface area contributed by atoms with Crippen LogP contribution in [0.5, 0.6) is 0 Å². The van der Waals surface area contributed by atoms with Crippen molar-refractivity contribution in [1.29, 1.82) is 0 Å². The van der Waals surface area contributed by atoms with E-state index in [1.807, 2.05) is 26.8 Å². The number of rotatable bonds is 6. The van der Waals surface area contributed by atoms with Gasteiger partial charge < -0.3 is 4.52 Å². The molecule has 0 spiro atoms. The molecule has 0 aliphatic heterocycles. The monoisotopic (exact) mass is 275 g/mol. The van der Waals surface area contributed by atoms with Gasteiger partial charge in [-0.05, 0) is 31.3 Å². The van der Waals surface area contributed by atoms with Crippen LogP contribution in [0, 0.1) is 13.8 Å². The molecule has 0 amide bonds. The van der Waals surface area contributed by atoms with Crippen LogP contribution >= 0.6 is 18.1 Å². The lowest BCUT2D eigenvalue weighted by atomic mass is 10.3. The van der Waals surface area contributed by atoms with Gasteiger partial charge in [0.25, 0.3) is 0 Å². The Kier molecular flexibility index (Phi) is 5.59.